The minimum absolute atomic E-state index is 0.565. The van der Waals surface area contributed by atoms with Gasteiger partial charge in [-0.1, -0.05) is 0 Å². The molecule has 1 aliphatic heterocycles. The first-order valence-corrected chi connectivity index (χ1v) is 7.37. The Morgan fingerprint density at radius 1 is 1.27 bits per heavy atom. The molecule has 0 radical (unpaired) electrons. The Morgan fingerprint density at radius 2 is 2.00 bits per heavy atom. The minimum Gasteiger partial charge on any atom is -0.481 e. The summed E-state index contributed by atoms with van der Waals surface area (Å²) in [5.74, 6) is 1.22. The molecule has 0 amide bonds. The van der Waals surface area contributed by atoms with Crippen LogP contribution in [0.4, 0.5) is 5.95 Å². The fraction of sp³-hybridized carbons (Fsp3) is 0.533. The molecule has 1 N–H and O–H groups in total. The van der Waals surface area contributed by atoms with Gasteiger partial charge in [0, 0.05) is 38.1 Å². The van der Waals surface area contributed by atoms with Crippen molar-refractivity contribution >= 4 is 5.95 Å². The number of piperidine rings is 1. The molecule has 0 saturated carbocycles. The van der Waals surface area contributed by atoms with Gasteiger partial charge in [-0.2, -0.15) is 10.1 Å². The third-order valence-corrected chi connectivity index (χ3v) is 4.20. The maximum atomic E-state index is 10.9. The number of ether oxygens (including phenoxy) is 1. The first kappa shape index (κ1) is 14.8. The van der Waals surface area contributed by atoms with E-state index in [-0.39, 0.29) is 0 Å². The van der Waals surface area contributed by atoms with Gasteiger partial charge in [0.1, 0.15) is 5.60 Å². The van der Waals surface area contributed by atoms with Crippen molar-refractivity contribution in [3.05, 3.63) is 29.7 Å². The number of aliphatic hydroxyl groups is 1. The van der Waals surface area contributed by atoms with Gasteiger partial charge in [-0.15, -0.1) is 0 Å². The van der Waals surface area contributed by atoms with Crippen molar-refractivity contribution in [2.75, 3.05) is 25.1 Å². The monoisotopic (exact) mass is 303 g/mol. The van der Waals surface area contributed by atoms with Crippen LogP contribution in [0.5, 0.6) is 5.88 Å². The van der Waals surface area contributed by atoms with Crippen LogP contribution in [-0.2, 0) is 12.6 Å². The van der Waals surface area contributed by atoms with Gasteiger partial charge in [0.15, 0.2) is 0 Å². The first-order valence-electron chi connectivity index (χ1n) is 7.37. The molecule has 1 fully saturated rings. The number of rotatable bonds is 3. The highest BCUT2D eigenvalue weighted by atomic mass is 16.5. The van der Waals surface area contributed by atoms with Crippen LogP contribution in [-0.4, -0.2) is 45.1 Å². The molecule has 1 aliphatic rings. The third-order valence-electron chi connectivity index (χ3n) is 4.20. The molecule has 7 nitrogen and oxygen atoms in total. The highest BCUT2D eigenvalue weighted by Crippen LogP contribution is 2.33. The first-order chi connectivity index (χ1) is 10.5. The van der Waals surface area contributed by atoms with Crippen molar-refractivity contribution in [1.82, 2.24) is 19.7 Å². The summed E-state index contributed by atoms with van der Waals surface area (Å²) in [4.78, 5) is 11.0. The lowest BCUT2D eigenvalue weighted by Gasteiger charge is -2.38. The van der Waals surface area contributed by atoms with E-state index in [9.17, 15) is 5.11 Å². The highest BCUT2D eigenvalue weighted by Gasteiger charge is 2.36. The SMILES string of the molecule is COc1cc(C)nc(N2CCC(O)(c3ccnn3C)CC2)n1. The van der Waals surface area contributed by atoms with Crippen LogP contribution in [0.25, 0.3) is 0 Å². The van der Waals surface area contributed by atoms with Crippen LogP contribution in [0.2, 0.25) is 0 Å². The average molecular weight is 303 g/mol. The molecule has 0 atom stereocenters. The number of hydrogen-bond acceptors (Lipinski definition) is 6. The second-order valence-corrected chi connectivity index (χ2v) is 5.71. The topological polar surface area (TPSA) is 76.3 Å². The number of aromatic nitrogens is 4. The maximum Gasteiger partial charge on any atom is 0.228 e. The zero-order valence-electron chi connectivity index (χ0n) is 13.2. The van der Waals surface area contributed by atoms with Crippen LogP contribution in [0, 0.1) is 6.92 Å². The lowest BCUT2D eigenvalue weighted by Crippen LogP contribution is -2.44. The van der Waals surface area contributed by atoms with Crippen molar-refractivity contribution in [3.8, 4) is 5.88 Å². The van der Waals surface area contributed by atoms with Crippen molar-refractivity contribution in [2.45, 2.75) is 25.4 Å². The van der Waals surface area contributed by atoms with Crippen molar-refractivity contribution < 1.29 is 9.84 Å². The van der Waals surface area contributed by atoms with E-state index in [4.69, 9.17) is 4.74 Å². The zero-order valence-corrected chi connectivity index (χ0v) is 13.2. The van der Waals surface area contributed by atoms with E-state index in [1.807, 2.05) is 20.0 Å². The molecule has 2 aromatic rings. The predicted octanol–water partition coefficient (Wildman–Crippen LogP) is 1.02. The molecular formula is C15H21N5O2. The summed E-state index contributed by atoms with van der Waals surface area (Å²) in [6.45, 7) is 3.30. The summed E-state index contributed by atoms with van der Waals surface area (Å²) in [6.07, 6.45) is 2.95. The van der Waals surface area contributed by atoms with E-state index in [0.717, 1.165) is 11.4 Å². The Hall–Kier alpha value is -2.15. The molecule has 7 heteroatoms. The lowest BCUT2D eigenvalue weighted by atomic mass is 9.88. The summed E-state index contributed by atoms with van der Waals surface area (Å²) in [6, 6.07) is 3.68. The lowest BCUT2D eigenvalue weighted by molar-refractivity contribution is 0.00390. The largest absolute Gasteiger partial charge is 0.481 e. The van der Waals surface area contributed by atoms with Gasteiger partial charge in [0.25, 0.3) is 0 Å². The molecule has 2 aromatic heterocycles. The van der Waals surface area contributed by atoms with Gasteiger partial charge in [-0.3, -0.25) is 4.68 Å². The normalized spacial score (nSPS) is 17.5. The van der Waals surface area contributed by atoms with Crippen molar-refractivity contribution in [1.29, 1.82) is 0 Å². The molecule has 0 unspecified atom stereocenters. The Balaban J connectivity index is 1.77. The minimum atomic E-state index is -0.838. The molecule has 3 rings (SSSR count). The second-order valence-electron chi connectivity index (χ2n) is 5.71. The number of hydrogen-bond donors (Lipinski definition) is 1. The summed E-state index contributed by atoms with van der Waals surface area (Å²) >= 11 is 0. The second kappa shape index (κ2) is 5.57. The third kappa shape index (κ3) is 2.64. The van der Waals surface area contributed by atoms with Gasteiger partial charge in [-0.05, 0) is 25.8 Å². The van der Waals surface area contributed by atoms with Crippen LogP contribution >= 0.6 is 0 Å². The quantitative estimate of drug-likeness (QED) is 0.912. The molecule has 0 aromatic carbocycles. The van der Waals surface area contributed by atoms with Gasteiger partial charge in [0.05, 0.1) is 12.8 Å². The van der Waals surface area contributed by atoms with E-state index < -0.39 is 5.60 Å². The highest BCUT2D eigenvalue weighted by molar-refractivity contribution is 5.35. The van der Waals surface area contributed by atoms with Crippen LogP contribution in [0.3, 0.4) is 0 Å². The summed E-state index contributed by atoms with van der Waals surface area (Å²) in [7, 11) is 3.46. The number of aryl methyl sites for hydroxylation is 2. The molecule has 22 heavy (non-hydrogen) atoms. The van der Waals surface area contributed by atoms with Gasteiger partial charge < -0.3 is 14.7 Å². The molecule has 1 saturated heterocycles. The zero-order chi connectivity index (χ0) is 15.7. The molecule has 3 heterocycles. The van der Waals surface area contributed by atoms with E-state index in [2.05, 4.69) is 20.0 Å². The molecule has 118 valence electrons. The Bertz CT molecular complexity index is 662. The fourth-order valence-electron chi connectivity index (χ4n) is 2.93. The van der Waals surface area contributed by atoms with Crippen LogP contribution < -0.4 is 9.64 Å². The fourth-order valence-corrected chi connectivity index (χ4v) is 2.93. The van der Waals surface area contributed by atoms with Crippen LogP contribution in [0.1, 0.15) is 24.2 Å². The van der Waals surface area contributed by atoms with Crippen LogP contribution in [0.15, 0.2) is 18.3 Å². The molecular weight excluding hydrogens is 282 g/mol. The number of methoxy groups -OCH3 is 1. The Morgan fingerprint density at radius 3 is 2.59 bits per heavy atom. The number of nitrogens with zero attached hydrogens (tertiary/aromatic N) is 5. The van der Waals surface area contributed by atoms with E-state index >= 15 is 0 Å². The molecule has 0 spiro atoms. The Kier molecular flexibility index (Phi) is 3.74. The summed E-state index contributed by atoms with van der Waals surface area (Å²) < 4.78 is 6.94. The van der Waals surface area contributed by atoms with Gasteiger partial charge in [0.2, 0.25) is 11.8 Å². The number of anilines is 1. The van der Waals surface area contributed by atoms with Crippen molar-refractivity contribution in [3.63, 3.8) is 0 Å². The Labute approximate surface area is 129 Å². The molecule has 0 bridgehead atoms. The predicted molar refractivity (Wildman–Crippen MR) is 81.9 cm³/mol. The maximum absolute atomic E-state index is 10.9. The van der Waals surface area contributed by atoms with E-state index in [1.54, 1.807) is 24.1 Å². The molecule has 0 aliphatic carbocycles. The smallest absolute Gasteiger partial charge is 0.228 e. The van der Waals surface area contributed by atoms with E-state index in [1.165, 1.54) is 0 Å². The summed E-state index contributed by atoms with van der Waals surface area (Å²) in [5.41, 5.74) is 0.888. The standard InChI is InChI=1S/C15H21N5O2/c1-11-10-13(22-3)18-14(17-11)20-8-5-15(21,6-9-20)12-4-7-16-19(12)2/h4,7,10,21H,5-6,8-9H2,1-3H3. The van der Waals surface area contributed by atoms with Gasteiger partial charge >= 0.3 is 0 Å². The summed E-state index contributed by atoms with van der Waals surface area (Å²) in [5, 5.41) is 15.0. The average Bonchev–Trinajstić information content (AvgIpc) is 2.94. The van der Waals surface area contributed by atoms with Gasteiger partial charge in [-0.25, -0.2) is 4.98 Å². The van der Waals surface area contributed by atoms with Crippen molar-refractivity contribution in [2.24, 2.45) is 7.05 Å². The van der Waals surface area contributed by atoms with E-state index in [0.29, 0.717) is 37.8 Å².